The van der Waals surface area contributed by atoms with E-state index in [2.05, 4.69) is 6.07 Å². The number of hydrogen-bond donors (Lipinski definition) is 0. The van der Waals surface area contributed by atoms with Gasteiger partial charge in [0.1, 0.15) is 5.82 Å². The molecule has 0 amide bonds. The molecule has 0 saturated carbocycles. The molecule has 0 aliphatic rings. The zero-order chi connectivity index (χ0) is 22.5. The molecule has 1 heterocycles. The molecule has 0 radical (unpaired) electrons. The second-order valence-electron chi connectivity index (χ2n) is 5.80. The quantitative estimate of drug-likeness (QED) is 0.349. The van der Waals surface area contributed by atoms with Gasteiger partial charge in [0.25, 0.3) is 5.56 Å². The van der Waals surface area contributed by atoms with Gasteiger partial charge in [-0.3, -0.25) is 9.36 Å². The summed E-state index contributed by atoms with van der Waals surface area (Å²) in [6, 6.07) is 25.2. The molecule has 0 atom stereocenters. The van der Waals surface area contributed by atoms with Crippen molar-refractivity contribution >= 4 is 10.9 Å². The van der Waals surface area contributed by atoms with E-state index in [0.29, 0.717) is 16.7 Å². The first-order valence-electron chi connectivity index (χ1n) is 10.9. The van der Waals surface area contributed by atoms with Gasteiger partial charge in [-0.05, 0) is 37.3 Å². The molecule has 3 heteroatoms. The molecule has 30 heavy (non-hydrogen) atoms. The molecule has 0 saturated heterocycles. The van der Waals surface area contributed by atoms with Crippen LogP contribution in [-0.2, 0) is 0 Å². The van der Waals surface area contributed by atoms with Gasteiger partial charge < -0.3 is 0 Å². The van der Waals surface area contributed by atoms with E-state index in [1.165, 1.54) is 0 Å². The van der Waals surface area contributed by atoms with Crippen LogP contribution in [0.1, 0.15) is 47.1 Å². The molecule has 0 aliphatic heterocycles. The summed E-state index contributed by atoms with van der Waals surface area (Å²) in [7, 11) is 0. The third-order valence-electron chi connectivity index (χ3n) is 4.07. The minimum Gasteiger partial charge on any atom is -0.268 e. The first kappa shape index (κ1) is 24.8. The monoisotopic (exact) mass is 402 g/mol. The fraction of sp³-hybridized carbons (Fsp3) is 0.259. The molecule has 0 N–H and O–H groups in total. The fourth-order valence-electron chi connectivity index (χ4n) is 2.93. The van der Waals surface area contributed by atoms with Crippen LogP contribution in [0.2, 0.25) is 0 Å². The average Bonchev–Trinajstić information content (AvgIpc) is 2.83. The lowest BCUT2D eigenvalue weighted by molar-refractivity contribution is 0.975. The van der Waals surface area contributed by atoms with Gasteiger partial charge >= 0.3 is 0 Å². The highest BCUT2D eigenvalue weighted by Crippen LogP contribution is 2.22. The van der Waals surface area contributed by atoms with Crippen molar-refractivity contribution in [1.29, 1.82) is 0 Å². The smallest absolute Gasteiger partial charge is 0.266 e. The largest absolute Gasteiger partial charge is 0.268 e. The summed E-state index contributed by atoms with van der Waals surface area (Å²) in [6.07, 6.45) is 0. The molecule has 4 rings (SSSR count). The molecular formula is C27H34N2O. The van der Waals surface area contributed by atoms with E-state index in [4.69, 9.17) is 4.98 Å². The summed E-state index contributed by atoms with van der Waals surface area (Å²) in [4.78, 5) is 17.9. The van der Waals surface area contributed by atoms with Crippen LogP contribution in [0.4, 0.5) is 0 Å². The number of hydrogen-bond acceptors (Lipinski definition) is 2. The highest BCUT2D eigenvalue weighted by atomic mass is 16.1. The Kier molecular flexibility index (Phi) is 10.8. The van der Waals surface area contributed by atoms with Crippen LogP contribution in [0.25, 0.3) is 28.0 Å². The third-order valence-corrected chi connectivity index (χ3v) is 4.07. The van der Waals surface area contributed by atoms with Crippen molar-refractivity contribution in [3.8, 4) is 17.1 Å². The summed E-state index contributed by atoms with van der Waals surface area (Å²) in [5, 5.41) is 0.623. The van der Waals surface area contributed by atoms with Gasteiger partial charge in [0.05, 0.1) is 16.6 Å². The number of aromatic nitrogens is 2. The zero-order valence-corrected chi connectivity index (χ0v) is 19.3. The number of rotatable bonds is 2. The van der Waals surface area contributed by atoms with Crippen LogP contribution < -0.4 is 5.56 Å². The first-order chi connectivity index (χ1) is 14.7. The van der Waals surface area contributed by atoms with E-state index < -0.39 is 0 Å². The van der Waals surface area contributed by atoms with Crippen LogP contribution in [0.15, 0.2) is 83.7 Å². The molecular weight excluding hydrogens is 368 g/mol. The molecule has 3 aromatic carbocycles. The van der Waals surface area contributed by atoms with Crippen LogP contribution in [0, 0.1) is 6.92 Å². The Balaban J connectivity index is 0.000000691. The maximum atomic E-state index is 13.1. The number of fused-ring (bicyclic) bond motifs is 1. The van der Waals surface area contributed by atoms with Crippen molar-refractivity contribution < 1.29 is 0 Å². The Morgan fingerprint density at radius 2 is 1.30 bits per heavy atom. The van der Waals surface area contributed by atoms with Gasteiger partial charge in [-0.15, -0.1) is 0 Å². The summed E-state index contributed by atoms with van der Waals surface area (Å²) < 4.78 is 1.69. The molecule has 1 aromatic heterocycles. The van der Waals surface area contributed by atoms with E-state index in [1.54, 1.807) is 4.57 Å². The Morgan fingerprint density at radius 1 is 0.700 bits per heavy atom. The zero-order valence-electron chi connectivity index (χ0n) is 19.3. The van der Waals surface area contributed by atoms with Crippen molar-refractivity contribution in [3.05, 3.63) is 94.8 Å². The second kappa shape index (κ2) is 13.1. The summed E-state index contributed by atoms with van der Waals surface area (Å²) in [5.41, 5.74) is 3.54. The number of aryl methyl sites for hydroxylation is 1. The fourth-order valence-corrected chi connectivity index (χ4v) is 2.93. The predicted molar refractivity (Wildman–Crippen MR) is 132 cm³/mol. The van der Waals surface area contributed by atoms with E-state index >= 15 is 0 Å². The average molecular weight is 403 g/mol. The van der Waals surface area contributed by atoms with Gasteiger partial charge in [-0.2, -0.15) is 0 Å². The van der Waals surface area contributed by atoms with E-state index in [-0.39, 0.29) is 5.56 Å². The number of benzene rings is 3. The van der Waals surface area contributed by atoms with Gasteiger partial charge in [-0.25, -0.2) is 4.98 Å². The van der Waals surface area contributed by atoms with Crippen LogP contribution >= 0.6 is 0 Å². The third kappa shape index (κ3) is 5.66. The van der Waals surface area contributed by atoms with Crippen molar-refractivity contribution in [2.24, 2.45) is 0 Å². The van der Waals surface area contributed by atoms with Crippen molar-refractivity contribution in [2.45, 2.75) is 48.5 Å². The molecule has 0 fully saturated rings. The molecule has 158 valence electrons. The molecule has 0 bridgehead atoms. The summed E-state index contributed by atoms with van der Waals surface area (Å²) in [5.74, 6) is 0.661. The standard InChI is InChI=1S/C21H16N2O.3C2H6/c1-15-8-7-9-16(14-15)20-22-19-13-6-5-12-18(19)21(24)23(20)17-10-3-2-4-11-17;3*1-2/h2-14H,1H3;3*1-2H3. The van der Waals surface area contributed by atoms with E-state index in [0.717, 1.165) is 16.8 Å². The van der Waals surface area contributed by atoms with Gasteiger partial charge in [-0.1, -0.05) is 95.6 Å². The summed E-state index contributed by atoms with van der Waals surface area (Å²) >= 11 is 0. The van der Waals surface area contributed by atoms with Crippen LogP contribution in [0.3, 0.4) is 0 Å². The van der Waals surface area contributed by atoms with Crippen LogP contribution in [0.5, 0.6) is 0 Å². The molecule has 0 aliphatic carbocycles. The molecule has 0 spiro atoms. The maximum absolute atomic E-state index is 13.1. The van der Waals surface area contributed by atoms with Crippen molar-refractivity contribution in [2.75, 3.05) is 0 Å². The van der Waals surface area contributed by atoms with Crippen LogP contribution in [-0.4, -0.2) is 9.55 Å². The highest BCUT2D eigenvalue weighted by molar-refractivity contribution is 5.80. The lowest BCUT2D eigenvalue weighted by Crippen LogP contribution is -2.21. The number of nitrogens with zero attached hydrogens (tertiary/aromatic N) is 2. The van der Waals surface area contributed by atoms with E-state index in [9.17, 15) is 4.79 Å². The Morgan fingerprint density at radius 3 is 1.93 bits per heavy atom. The Bertz CT molecular complexity index is 1080. The minimum atomic E-state index is -0.0525. The lowest BCUT2D eigenvalue weighted by Gasteiger charge is -2.14. The second-order valence-corrected chi connectivity index (χ2v) is 5.80. The van der Waals surface area contributed by atoms with Gasteiger partial charge in [0.2, 0.25) is 0 Å². The van der Waals surface area contributed by atoms with E-state index in [1.807, 2.05) is 121 Å². The Labute approximate surface area is 181 Å². The molecule has 4 aromatic rings. The normalized spacial score (nSPS) is 9.30. The lowest BCUT2D eigenvalue weighted by atomic mass is 10.1. The van der Waals surface area contributed by atoms with Gasteiger partial charge in [0, 0.05) is 5.56 Å². The minimum absolute atomic E-state index is 0.0525. The topological polar surface area (TPSA) is 34.9 Å². The van der Waals surface area contributed by atoms with Gasteiger partial charge in [0.15, 0.2) is 0 Å². The van der Waals surface area contributed by atoms with Crippen molar-refractivity contribution in [3.63, 3.8) is 0 Å². The predicted octanol–water partition coefficient (Wildman–Crippen LogP) is 7.44. The molecule has 0 unspecified atom stereocenters. The SMILES string of the molecule is CC.CC.CC.Cc1cccc(-c2nc3ccccc3c(=O)n2-c2ccccc2)c1. The van der Waals surface area contributed by atoms with Crippen molar-refractivity contribution in [1.82, 2.24) is 9.55 Å². The summed E-state index contributed by atoms with van der Waals surface area (Å²) in [6.45, 7) is 14.0. The highest BCUT2D eigenvalue weighted by Gasteiger charge is 2.14. The first-order valence-corrected chi connectivity index (χ1v) is 10.9. The molecule has 3 nitrogen and oxygen atoms in total. The Hall–Kier alpha value is -3.20. The maximum Gasteiger partial charge on any atom is 0.266 e. The number of para-hydroxylation sites is 2.